The van der Waals surface area contributed by atoms with Crippen LogP contribution in [-0.2, 0) is 9.53 Å². The van der Waals surface area contributed by atoms with Gasteiger partial charge in [0, 0.05) is 0 Å². The van der Waals surface area contributed by atoms with Gasteiger partial charge in [0.2, 0.25) is 0 Å². The lowest BCUT2D eigenvalue weighted by Gasteiger charge is -2.14. The number of aldehydes is 1. The van der Waals surface area contributed by atoms with Crippen LogP contribution in [0.5, 0.6) is 0 Å². The van der Waals surface area contributed by atoms with Gasteiger partial charge in [-0.3, -0.25) is 0 Å². The van der Waals surface area contributed by atoms with Crippen molar-refractivity contribution in [3.63, 3.8) is 0 Å². The smallest absolute Gasteiger partial charge is 0.407 e. The predicted octanol–water partition coefficient (Wildman–Crippen LogP) is 0.566. The van der Waals surface area contributed by atoms with E-state index in [1.54, 1.807) is 0 Å². The maximum atomic E-state index is 10.6. The second-order valence-corrected chi connectivity index (χ2v) is 2.54. The Balaban J connectivity index is 3.87. The molecular weight excluding hydrogens is 146 g/mol. The van der Waals surface area contributed by atoms with E-state index >= 15 is 0 Å². The average molecular weight is 159 g/mol. The van der Waals surface area contributed by atoms with E-state index in [1.165, 1.54) is 7.11 Å². The first-order valence-electron chi connectivity index (χ1n) is 3.41. The molecule has 0 saturated carbocycles. The summed E-state index contributed by atoms with van der Waals surface area (Å²) in [5.41, 5.74) is 0. The van der Waals surface area contributed by atoms with Crippen molar-refractivity contribution in [3.05, 3.63) is 0 Å². The summed E-state index contributed by atoms with van der Waals surface area (Å²) in [7, 11) is 1.26. The van der Waals surface area contributed by atoms with Crippen molar-refractivity contribution < 1.29 is 14.3 Å². The van der Waals surface area contributed by atoms with Crippen LogP contribution in [0, 0.1) is 5.92 Å². The Kier molecular flexibility index (Phi) is 4.26. The molecule has 64 valence electrons. The number of ether oxygens (including phenoxy) is 1. The van der Waals surface area contributed by atoms with Crippen molar-refractivity contribution in [2.45, 2.75) is 19.9 Å². The highest BCUT2D eigenvalue weighted by Gasteiger charge is 2.14. The van der Waals surface area contributed by atoms with Crippen LogP contribution in [0.1, 0.15) is 13.8 Å². The third kappa shape index (κ3) is 3.60. The third-order valence-corrected chi connectivity index (χ3v) is 1.33. The molecule has 0 saturated heterocycles. The molecule has 0 aliphatic rings. The van der Waals surface area contributed by atoms with E-state index in [4.69, 9.17) is 0 Å². The first-order valence-corrected chi connectivity index (χ1v) is 3.41. The van der Waals surface area contributed by atoms with Crippen LogP contribution in [0.2, 0.25) is 0 Å². The van der Waals surface area contributed by atoms with Gasteiger partial charge in [-0.25, -0.2) is 4.79 Å². The van der Waals surface area contributed by atoms with Crippen molar-refractivity contribution in [1.29, 1.82) is 0 Å². The summed E-state index contributed by atoms with van der Waals surface area (Å²) >= 11 is 0. The number of carbonyl (C=O) groups is 2. The molecule has 0 aromatic heterocycles. The van der Waals surface area contributed by atoms with Gasteiger partial charge in [-0.15, -0.1) is 0 Å². The SMILES string of the molecule is COC(=O)N[C@H](C=O)C(C)C. The monoisotopic (exact) mass is 159 g/mol. The lowest BCUT2D eigenvalue weighted by Crippen LogP contribution is -2.39. The molecule has 0 radical (unpaired) electrons. The van der Waals surface area contributed by atoms with E-state index in [0.29, 0.717) is 6.29 Å². The van der Waals surface area contributed by atoms with E-state index in [0.717, 1.165) is 0 Å². The maximum absolute atomic E-state index is 10.6. The number of hydrogen-bond donors (Lipinski definition) is 1. The number of rotatable bonds is 3. The molecule has 11 heavy (non-hydrogen) atoms. The molecule has 1 amide bonds. The minimum atomic E-state index is -0.573. The first kappa shape index (κ1) is 9.94. The Hall–Kier alpha value is -1.06. The lowest BCUT2D eigenvalue weighted by molar-refractivity contribution is -0.110. The van der Waals surface area contributed by atoms with Gasteiger partial charge in [0.1, 0.15) is 6.29 Å². The van der Waals surface area contributed by atoms with Crippen LogP contribution in [0.15, 0.2) is 0 Å². The second-order valence-electron chi connectivity index (χ2n) is 2.54. The summed E-state index contributed by atoms with van der Waals surface area (Å²) < 4.78 is 4.32. The Morgan fingerprint density at radius 3 is 2.36 bits per heavy atom. The molecule has 1 atom stereocenters. The summed E-state index contributed by atoms with van der Waals surface area (Å²) in [5.74, 6) is 0.0894. The van der Waals surface area contributed by atoms with Crippen LogP contribution in [0.25, 0.3) is 0 Å². The van der Waals surface area contributed by atoms with Crippen molar-refractivity contribution in [2.75, 3.05) is 7.11 Å². The lowest BCUT2D eigenvalue weighted by atomic mass is 10.1. The number of alkyl carbamates (subject to hydrolysis) is 1. The third-order valence-electron chi connectivity index (χ3n) is 1.33. The topological polar surface area (TPSA) is 55.4 Å². The summed E-state index contributed by atoms with van der Waals surface area (Å²) in [4.78, 5) is 20.9. The van der Waals surface area contributed by atoms with E-state index in [1.807, 2.05) is 13.8 Å². The predicted molar refractivity (Wildman–Crippen MR) is 40.2 cm³/mol. The summed E-state index contributed by atoms with van der Waals surface area (Å²) in [5, 5.41) is 2.39. The van der Waals surface area contributed by atoms with Gasteiger partial charge in [0.15, 0.2) is 0 Å². The minimum Gasteiger partial charge on any atom is -0.453 e. The van der Waals surface area contributed by atoms with E-state index in [9.17, 15) is 9.59 Å². The molecular formula is C7H13NO3. The van der Waals surface area contributed by atoms with Crippen LogP contribution >= 0.6 is 0 Å². The molecule has 1 N–H and O–H groups in total. The zero-order valence-electron chi connectivity index (χ0n) is 6.96. The molecule has 4 heteroatoms. The molecule has 0 spiro atoms. The van der Waals surface area contributed by atoms with Gasteiger partial charge in [-0.05, 0) is 5.92 Å². The number of nitrogens with one attached hydrogen (secondary N) is 1. The Bertz CT molecular complexity index is 145. The quantitative estimate of drug-likeness (QED) is 0.612. The highest BCUT2D eigenvalue weighted by molar-refractivity contribution is 5.73. The fourth-order valence-electron chi connectivity index (χ4n) is 0.553. The molecule has 0 fully saturated rings. The van der Waals surface area contributed by atoms with E-state index < -0.39 is 12.1 Å². The Labute approximate surface area is 65.9 Å². The van der Waals surface area contributed by atoms with Gasteiger partial charge in [-0.2, -0.15) is 0 Å². The number of methoxy groups -OCH3 is 1. The molecule has 4 nitrogen and oxygen atoms in total. The van der Waals surface area contributed by atoms with Crippen LogP contribution in [0.4, 0.5) is 4.79 Å². The first-order chi connectivity index (χ1) is 5.11. The number of amides is 1. The van der Waals surface area contributed by atoms with Crippen molar-refractivity contribution in [1.82, 2.24) is 5.32 Å². The minimum absolute atomic E-state index is 0.0894. The average Bonchev–Trinajstić information content (AvgIpc) is 1.99. The van der Waals surface area contributed by atoms with Crippen molar-refractivity contribution in [2.24, 2.45) is 5.92 Å². The highest BCUT2D eigenvalue weighted by atomic mass is 16.5. The molecule has 0 bridgehead atoms. The van der Waals surface area contributed by atoms with Gasteiger partial charge in [0.25, 0.3) is 0 Å². The Morgan fingerprint density at radius 2 is 2.09 bits per heavy atom. The largest absolute Gasteiger partial charge is 0.453 e. The Morgan fingerprint density at radius 1 is 1.55 bits per heavy atom. The summed E-state index contributed by atoms with van der Waals surface area (Å²) in [6, 6.07) is -0.456. The van der Waals surface area contributed by atoms with Crippen molar-refractivity contribution in [3.8, 4) is 0 Å². The van der Waals surface area contributed by atoms with Gasteiger partial charge in [-0.1, -0.05) is 13.8 Å². The molecule has 0 aromatic rings. The molecule has 0 heterocycles. The fraction of sp³-hybridized carbons (Fsp3) is 0.714. The van der Waals surface area contributed by atoms with E-state index in [2.05, 4.69) is 10.1 Å². The van der Waals surface area contributed by atoms with E-state index in [-0.39, 0.29) is 5.92 Å². The summed E-state index contributed by atoms with van der Waals surface area (Å²) in [6.07, 6.45) is 0.123. The van der Waals surface area contributed by atoms with Crippen LogP contribution in [0.3, 0.4) is 0 Å². The summed E-state index contributed by atoms with van der Waals surface area (Å²) in [6.45, 7) is 3.68. The molecule has 0 aromatic carbocycles. The normalized spacial score (nSPS) is 12.4. The molecule has 0 aliphatic carbocycles. The van der Waals surface area contributed by atoms with Crippen LogP contribution in [-0.4, -0.2) is 25.5 Å². The zero-order valence-corrected chi connectivity index (χ0v) is 6.96. The highest BCUT2D eigenvalue weighted by Crippen LogP contribution is 1.97. The molecule has 0 rings (SSSR count). The molecule has 0 aliphatic heterocycles. The second kappa shape index (κ2) is 4.71. The molecule has 0 unspecified atom stereocenters. The van der Waals surface area contributed by atoms with Gasteiger partial charge < -0.3 is 14.8 Å². The van der Waals surface area contributed by atoms with Gasteiger partial charge in [0.05, 0.1) is 13.2 Å². The fourth-order valence-corrected chi connectivity index (χ4v) is 0.553. The van der Waals surface area contributed by atoms with Gasteiger partial charge >= 0.3 is 6.09 Å². The van der Waals surface area contributed by atoms with Crippen LogP contribution < -0.4 is 5.32 Å². The number of carbonyl (C=O) groups excluding carboxylic acids is 2. The maximum Gasteiger partial charge on any atom is 0.407 e. The zero-order chi connectivity index (χ0) is 8.85. The number of hydrogen-bond acceptors (Lipinski definition) is 3. The van der Waals surface area contributed by atoms with Crippen molar-refractivity contribution >= 4 is 12.4 Å². The standard InChI is InChI=1S/C7H13NO3/c1-5(2)6(4-9)8-7(10)11-3/h4-6H,1-3H3,(H,8,10)/t6-/m1/s1.